The van der Waals surface area contributed by atoms with E-state index in [2.05, 4.69) is 31.0 Å². The molecule has 0 unspecified atom stereocenters. The Morgan fingerprint density at radius 2 is 1.62 bits per heavy atom. The largest absolute Gasteiger partial charge is 0.473 e. The first-order valence-electron chi connectivity index (χ1n) is 9.21. The molecule has 1 aromatic carbocycles. The summed E-state index contributed by atoms with van der Waals surface area (Å²) >= 11 is 0. The average molecular weight is 368 g/mol. The quantitative estimate of drug-likeness (QED) is 0.720. The van der Waals surface area contributed by atoms with Crippen LogP contribution in [0.25, 0.3) is 0 Å². The number of nitrogens with zero attached hydrogens (tertiary/aromatic N) is 1. The highest BCUT2D eigenvalue weighted by atomic mass is 19.4. The summed E-state index contributed by atoms with van der Waals surface area (Å²) in [5.41, 5.74) is 1.32. The number of hydrogen-bond acceptors (Lipinski definition) is 3. The summed E-state index contributed by atoms with van der Waals surface area (Å²) in [7, 11) is 0. The zero-order valence-electron chi connectivity index (χ0n) is 15.6. The minimum Gasteiger partial charge on any atom is -0.473 e. The maximum Gasteiger partial charge on any atom is 0.416 e. The fourth-order valence-electron chi connectivity index (χ4n) is 3.14. The number of anilines is 1. The molecule has 1 saturated carbocycles. The van der Waals surface area contributed by atoms with E-state index in [0.29, 0.717) is 0 Å². The third-order valence-electron chi connectivity index (χ3n) is 4.57. The Hall–Kier alpha value is -1.85. The van der Waals surface area contributed by atoms with Crippen LogP contribution in [-0.2, 0) is 10.9 Å². The van der Waals surface area contributed by atoms with Gasteiger partial charge in [-0.05, 0) is 76.3 Å². The summed E-state index contributed by atoms with van der Waals surface area (Å²) in [6.07, 6.45) is -0.176. The van der Waals surface area contributed by atoms with Gasteiger partial charge in [0.1, 0.15) is 5.60 Å². The highest BCUT2D eigenvalue weighted by molar-refractivity contribution is 5.46. The molecule has 1 aromatic rings. The SMILES string of the molecule is CC(C)(C)OC(=C1CC1)N1CCC(Nc2ccc(C(F)(F)F)cc2)CC1. The van der Waals surface area contributed by atoms with Crippen LogP contribution in [0.2, 0.25) is 0 Å². The van der Waals surface area contributed by atoms with Crippen LogP contribution in [0, 0.1) is 0 Å². The van der Waals surface area contributed by atoms with Crippen molar-refractivity contribution < 1.29 is 17.9 Å². The molecular weight excluding hydrogens is 341 g/mol. The van der Waals surface area contributed by atoms with Gasteiger partial charge >= 0.3 is 6.18 Å². The standard InChI is InChI=1S/C20H27F3N2O/c1-19(2,3)26-18(14-4-5-14)25-12-10-17(11-13-25)24-16-8-6-15(7-9-16)20(21,22)23/h6-9,17,24H,4-5,10-13H2,1-3H3. The van der Waals surface area contributed by atoms with Crippen LogP contribution in [0.3, 0.4) is 0 Å². The van der Waals surface area contributed by atoms with Gasteiger partial charge in [0.25, 0.3) is 0 Å². The molecule has 6 heteroatoms. The number of rotatable bonds is 4. The van der Waals surface area contributed by atoms with Gasteiger partial charge < -0.3 is 15.0 Å². The van der Waals surface area contributed by atoms with E-state index in [9.17, 15) is 13.2 Å². The van der Waals surface area contributed by atoms with Gasteiger partial charge in [-0.3, -0.25) is 0 Å². The van der Waals surface area contributed by atoms with Crippen molar-refractivity contribution in [1.82, 2.24) is 4.90 Å². The topological polar surface area (TPSA) is 24.5 Å². The van der Waals surface area contributed by atoms with Gasteiger partial charge in [-0.2, -0.15) is 13.2 Å². The zero-order valence-corrected chi connectivity index (χ0v) is 15.6. The molecule has 2 fully saturated rings. The first kappa shape index (κ1) is 18.9. The fraction of sp³-hybridized carbons (Fsp3) is 0.600. The number of benzene rings is 1. The van der Waals surface area contributed by atoms with E-state index >= 15 is 0 Å². The van der Waals surface area contributed by atoms with Crippen molar-refractivity contribution in [2.45, 2.75) is 64.3 Å². The second kappa shape index (κ2) is 7.05. The second-order valence-corrected chi connectivity index (χ2v) is 8.10. The van der Waals surface area contributed by atoms with Crippen LogP contribution in [0.5, 0.6) is 0 Å². The van der Waals surface area contributed by atoms with Gasteiger partial charge in [0, 0.05) is 24.8 Å². The maximum absolute atomic E-state index is 12.6. The highest BCUT2D eigenvalue weighted by Gasteiger charge is 2.31. The predicted octanol–water partition coefficient (Wildman–Crippen LogP) is 5.40. The number of hydrogen-bond donors (Lipinski definition) is 1. The van der Waals surface area contributed by atoms with Gasteiger partial charge in [0.15, 0.2) is 5.88 Å². The molecule has 2 aliphatic rings. The number of ether oxygens (including phenoxy) is 1. The number of likely N-dealkylation sites (tertiary alicyclic amines) is 1. The molecule has 0 spiro atoms. The molecule has 0 aromatic heterocycles. The van der Waals surface area contributed by atoms with Crippen LogP contribution in [0.15, 0.2) is 35.7 Å². The Morgan fingerprint density at radius 1 is 1.04 bits per heavy atom. The predicted molar refractivity (Wildman–Crippen MR) is 96.8 cm³/mol. The van der Waals surface area contributed by atoms with Crippen molar-refractivity contribution in [2.75, 3.05) is 18.4 Å². The minimum absolute atomic E-state index is 0.208. The van der Waals surface area contributed by atoms with Gasteiger partial charge in [-0.1, -0.05) is 0 Å². The zero-order chi connectivity index (χ0) is 18.9. The van der Waals surface area contributed by atoms with Crippen molar-refractivity contribution in [3.8, 4) is 0 Å². The lowest BCUT2D eigenvalue weighted by Gasteiger charge is -2.37. The molecule has 1 heterocycles. The average Bonchev–Trinajstić information content (AvgIpc) is 3.37. The molecule has 1 N–H and O–H groups in total. The summed E-state index contributed by atoms with van der Waals surface area (Å²) in [5, 5.41) is 3.36. The highest BCUT2D eigenvalue weighted by Crippen LogP contribution is 2.37. The molecule has 0 atom stereocenters. The summed E-state index contributed by atoms with van der Waals surface area (Å²) in [4.78, 5) is 2.32. The lowest BCUT2D eigenvalue weighted by molar-refractivity contribution is -0.137. The van der Waals surface area contributed by atoms with Crippen molar-refractivity contribution in [3.05, 3.63) is 41.3 Å². The van der Waals surface area contributed by atoms with Gasteiger partial charge in [-0.25, -0.2) is 0 Å². The number of piperidine rings is 1. The molecule has 26 heavy (non-hydrogen) atoms. The molecule has 144 valence electrons. The van der Waals surface area contributed by atoms with E-state index < -0.39 is 11.7 Å². The van der Waals surface area contributed by atoms with Crippen LogP contribution >= 0.6 is 0 Å². The molecule has 1 aliphatic carbocycles. The van der Waals surface area contributed by atoms with E-state index in [-0.39, 0.29) is 11.6 Å². The van der Waals surface area contributed by atoms with E-state index in [1.807, 2.05) is 0 Å². The van der Waals surface area contributed by atoms with E-state index in [1.54, 1.807) is 0 Å². The van der Waals surface area contributed by atoms with Crippen molar-refractivity contribution in [3.63, 3.8) is 0 Å². The van der Waals surface area contributed by atoms with Crippen molar-refractivity contribution in [1.29, 1.82) is 0 Å². The molecule has 1 aliphatic heterocycles. The maximum atomic E-state index is 12.6. The number of nitrogens with one attached hydrogen (secondary N) is 1. The molecular formula is C20H27F3N2O. The Morgan fingerprint density at radius 3 is 2.08 bits per heavy atom. The normalized spacial score (nSPS) is 18.7. The molecule has 0 radical (unpaired) electrons. The number of alkyl halides is 3. The second-order valence-electron chi connectivity index (χ2n) is 8.10. The van der Waals surface area contributed by atoms with Crippen LogP contribution in [0.4, 0.5) is 18.9 Å². The van der Waals surface area contributed by atoms with E-state index in [0.717, 1.165) is 62.5 Å². The molecule has 3 nitrogen and oxygen atoms in total. The molecule has 3 rings (SSSR count). The first-order valence-corrected chi connectivity index (χ1v) is 9.21. The Balaban J connectivity index is 1.55. The number of allylic oxidation sites excluding steroid dienone is 1. The van der Waals surface area contributed by atoms with Crippen molar-refractivity contribution in [2.24, 2.45) is 0 Å². The van der Waals surface area contributed by atoms with E-state index in [4.69, 9.17) is 4.74 Å². The van der Waals surface area contributed by atoms with E-state index in [1.165, 1.54) is 17.7 Å². The monoisotopic (exact) mass is 368 g/mol. The summed E-state index contributed by atoms with van der Waals surface area (Å²) in [6, 6.07) is 5.54. The van der Waals surface area contributed by atoms with Crippen LogP contribution in [0.1, 0.15) is 52.0 Å². The smallest absolute Gasteiger partial charge is 0.416 e. The third-order valence-corrected chi connectivity index (χ3v) is 4.57. The fourth-order valence-corrected chi connectivity index (χ4v) is 3.14. The molecule has 0 amide bonds. The Labute approximate surface area is 153 Å². The molecule has 1 saturated heterocycles. The third kappa shape index (κ3) is 5.08. The molecule has 0 bridgehead atoms. The minimum atomic E-state index is -4.29. The Kier molecular flexibility index (Phi) is 5.13. The lowest BCUT2D eigenvalue weighted by atomic mass is 10.0. The van der Waals surface area contributed by atoms with Crippen molar-refractivity contribution >= 4 is 5.69 Å². The summed E-state index contributed by atoms with van der Waals surface area (Å²) in [6.45, 7) is 7.99. The summed E-state index contributed by atoms with van der Waals surface area (Å²) < 4.78 is 44.1. The number of halogens is 3. The van der Waals surface area contributed by atoms with Gasteiger partial charge in [-0.15, -0.1) is 0 Å². The Bertz CT molecular complexity index is 645. The van der Waals surface area contributed by atoms with Crippen LogP contribution < -0.4 is 5.32 Å². The van der Waals surface area contributed by atoms with Crippen LogP contribution in [-0.4, -0.2) is 29.6 Å². The summed E-state index contributed by atoms with van der Waals surface area (Å²) in [5.74, 6) is 1.05. The lowest BCUT2D eigenvalue weighted by Crippen LogP contribution is -2.40. The van der Waals surface area contributed by atoms with Gasteiger partial charge in [0.2, 0.25) is 0 Å². The first-order chi connectivity index (χ1) is 12.1. The van der Waals surface area contributed by atoms with Gasteiger partial charge in [0.05, 0.1) is 5.56 Å².